The number of benzene rings is 6. The molecule has 4 aliphatic heterocycles. The quantitative estimate of drug-likeness (QED) is 0.0470. The second kappa shape index (κ2) is 27.2. The highest BCUT2D eigenvalue weighted by atomic mass is 35.5. The van der Waals surface area contributed by atoms with Gasteiger partial charge in [-0.25, -0.2) is 8.78 Å². The van der Waals surface area contributed by atoms with Gasteiger partial charge in [0, 0.05) is 72.1 Å². The van der Waals surface area contributed by atoms with Crippen molar-refractivity contribution in [1.82, 2.24) is 9.97 Å². The molecule has 0 saturated heterocycles. The van der Waals surface area contributed by atoms with Crippen molar-refractivity contribution in [3.8, 4) is 5.75 Å². The van der Waals surface area contributed by atoms with E-state index in [1.165, 1.54) is 111 Å². The lowest BCUT2D eigenvalue weighted by Crippen LogP contribution is -2.36. The minimum Gasteiger partial charge on any atom is -0.497 e. The molecule has 0 radical (unpaired) electrons. The molecule has 0 bridgehead atoms. The Bertz CT molecular complexity index is 4350. The number of halogens is 9. The topological polar surface area (TPSA) is 301 Å². The highest BCUT2D eigenvalue weighted by Crippen LogP contribution is 2.50. The Morgan fingerprint density at radius 3 is 1.28 bits per heavy atom. The summed E-state index contributed by atoms with van der Waals surface area (Å²) in [6.45, 7) is 0. The molecule has 4 atom stereocenters. The molecule has 4 amide bonds. The number of pyridine rings is 2. The van der Waals surface area contributed by atoms with Gasteiger partial charge in [0.1, 0.15) is 23.1 Å². The first-order valence-corrected chi connectivity index (χ1v) is 30.7. The number of methoxy groups -OCH3 is 1. The summed E-state index contributed by atoms with van der Waals surface area (Å²) in [7, 11) is 1.50. The number of ketones is 4. The average Bonchev–Trinajstić information content (AvgIpc) is 1.61. The van der Waals surface area contributed by atoms with Gasteiger partial charge in [-0.05, 0) is 134 Å². The minimum atomic E-state index is -2.22. The molecular formula is C66H47Cl7F2N6O13. The lowest BCUT2D eigenvalue weighted by Gasteiger charge is -2.21. The molecule has 13 rings (SSSR count). The maximum atomic E-state index is 14.4. The van der Waals surface area contributed by atoms with Gasteiger partial charge < -0.3 is 46.4 Å². The number of anilines is 4. The number of carbonyl (C=O) groups excluding carboxylic acids is 8. The zero-order valence-corrected chi connectivity index (χ0v) is 53.6. The van der Waals surface area contributed by atoms with Crippen molar-refractivity contribution < 1.29 is 72.3 Å². The van der Waals surface area contributed by atoms with Gasteiger partial charge in [-0.2, -0.15) is 0 Å². The average molecular weight is 1420 g/mol. The van der Waals surface area contributed by atoms with E-state index in [1.54, 1.807) is 30.3 Å². The van der Waals surface area contributed by atoms with E-state index >= 15 is 0 Å². The molecule has 1 saturated carbocycles. The van der Waals surface area contributed by atoms with Crippen LogP contribution in [0.3, 0.4) is 0 Å². The van der Waals surface area contributed by atoms with Crippen molar-refractivity contribution in [2.24, 2.45) is 0 Å². The number of fused-ring (bicyclic) bond motifs is 4. The minimum absolute atomic E-state index is 0.00906. The summed E-state index contributed by atoms with van der Waals surface area (Å²) < 4.78 is 33.2. The van der Waals surface area contributed by atoms with E-state index in [0.717, 1.165) is 24.5 Å². The number of aromatic nitrogens is 2. The first-order valence-electron chi connectivity index (χ1n) is 28.0. The number of hydrogen-bond donors (Lipinski definition) is 8. The zero-order valence-electron chi connectivity index (χ0n) is 48.4. The Kier molecular flexibility index (Phi) is 19.8. The number of ether oxygens (including phenoxy) is 1. The molecule has 8 aromatic rings. The van der Waals surface area contributed by atoms with Crippen LogP contribution < -0.4 is 26.0 Å². The fourth-order valence-corrected chi connectivity index (χ4v) is 12.8. The number of carbonyl (C=O) groups is 8. The highest BCUT2D eigenvalue weighted by Gasteiger charge is 2.53. The zero-order chi connectivity index (χ0) is 67.9. The van der Waals surface area contributed by atoms with Gasteiger partial charge in [0.15, 0.2) is 45.5 Å². The largest absolute Gasteiger partial charge is 0.497 e. The maximum absolute atomic E-state index is 14.4. The van der Waals surface area contributed by atoms with Gasteiger partial charge in [-0.15, -0.1) is 0 Å². The Labute approximate surface area is 567 Å². The van der Waals surface area contributed by atoms with Crippen LogP contribution in [0.2, 0.25) is 35.2 Å². The van der Waals surface area contributed by atoms with Crippen molar-refractivity contribution in [2.75, 3.05) is 28.4 Å². The summed E-state index contributed by atoms with van der Waals surface area (Å²) in [6.07, 6.45) is 4.33. The van der Waals surface area contributed by atoms with Crippen molar-refractivity contribution in [1.29, 1.82) is 0 Å². The van der Waals surface area contributed by atoms with Crippen LogP contribution in [-0.2, 0) is 41.6 Å². The molecule has 5 aliphatic rings. The molecule has 1 aliphatic carbocycles. The molecule has 482 valence electrons. The Morgan fingerprint density at radius 1 is 0.468 bits per heavy atom. The predicted octanol–water partition coefficient (Wildman–Crippen LogP) is 12.9. The Morgan fingerprint density at radius 2 is 0.862 bits per heavy atom. The number of amides is 4. The maximum Gasteiger partial charge on any atom is 0.261 e. The normalized spacial score (nSPS) is 20.0. The van der Waals surface area contributed by atoms with E-state index in [4.69, 9.17) is 85.9 Å². The SMILES string of the molecule is COc1ccc(C(=O)CC2(O)C(=O)Nc3c(F)ccc(Cl)c32)cc1.O=C(CC1(O)C(=O)Nc2c(Cl)ccc(Cl)c21)c1ccc(C2CC2)cc1F.O=C(CC1(O)C(=O)Nc2c(Cl)ccc(Cl)c21)c1ccccn1.O=C(CC1(O)C(=O)Nc2c(Cl)ccc(Cl)c21)c1ccncc1. The van der Waals surface area contributed by atoms with E-state index in [-0.39, 0.29) is 97.0 Å². The summed E-state index contributed by atoms with van der Waals surface area (Å²) in [5.74, 6) is -5.65. The lowest BCUT2D eigenvalue weighted by molar-refractivity contribution is -0.133. The van der Waals surface area contributed by atoms with Crippen LogP contribution in [0.1, 0.15) is 114 Å². The summed E-state index contributed by atoms with van der Waals surface area (Å²) in [6, 6.07) is 29.7. The lowest BCUT2D eigenvalue weighted by atomic mass is 9.87. The molecule has 6 heterocycles. The van der Waals surface area contributed by atoms with Crippen LogP contribution in [0.25, 0.3) is 0 Å². The van der Waals surface area contributed by atoms with Gasteiger partial charge in [-0.3, -0.25) is 48.3 Å². The van der Waals surface area contributed by atoms with Crippen LogP contribution in [-0.4, -0.2) is 84.3 Å². The van der Waals surface area contributed by atoms with E-state index in [2.05, 4.69) is 31.2 Å². The molecule has 2 aromatic heterocycles. The van der Waals surface area contributed by atoms with Gasteiger partial charge in [0.05, 0.1) is 76.2 Å². The van der Waals surface area contributed by atoms with Gasteiger partial charge in [0.2, 0.25) is 0 Å². The first-order chi connectivity index (χ1) is 44.5. The number of aliphatic hydroxyl groups is 4. The van der Waals surface area contributed by atoms with Crippen molar-refractivity contribution in [3.63, 3.8) is 0 Å². The molecule has 0 spiro atoms. The second-order valence-electron chi connectivity index (χ2n) is 22.0. The standard InChI is InChI=1S/C19H14Cl2FNO3.C17H13ClFNO4.2C15H10Cl2N2O3/c20-12-5-6-13(21)17-16(12)19(26,18(25)23-17)8-15(24)11-4-3-10(7-14(11)22)9-1-2-9;1-24-10-4-2-9(3-5-10)13(21)8-17(23)14-11(18)6-7-12(19)15(14)20-16(17)22;16-9-1-2-10(17)13-12(9)15(22,14(21)19-13)7-11(20)8-3-5-18-6-4-8;16-8-4-5-9(17)13-12(8)15(22,14(21)19-13)7-11(20)10-3-1-2-6-18-10/h3-7,9,26H,1-2,8H2,(H,23,25);2-7,23H,8H2,1H3,(H,20,22);2*1-6,22H,7H2,(H,19,21). The highest BCUT2D eigenvalue weighted by molar-refractivity contribution is 6.40. The second-order valence-corrected chi connectivity index (χ2v) is 24.8. The van der Waals surface area contributed by atoms with Crippen LogP contribution >= 0.6 is 81.2 Å². The van der Waals surface area contributed by atoms with Crippen molar-refractivity contribution in [3.05, 3.63) is 237 Å². The number of rotatable bonds is 14. The fourth-order valence-electron chi connectivity index (χ4n) is 10.9. The number of hydrogen-bond acceptors (Lipinski definition) is 15. The monoisotopic (exact) mass is 1410 g/mol. The molecule has 6 aromatic carbocycles. The number of Topliss-reactive ketones (excluding diaryl/α,β-unsaturated/α-hetero) is 4. The fraction of sp³-hybridized carbons (Fsp3) is 0.182. The third-order valence-electron chi connectivity index (χ3n) is 15.9. The Balaban J connectivity index is 0.000000137. The summed E-state index contributed by atoms with van der Waals surface area (Å²) in [4.78, 5) is 106. The van der Waals surface area contributed by atoms with Gasteiger partial charge >= 0.3 is 0 Å². The molecule has 28 heteroatoms. The molecule has 1 fully saturated rings. The van der Waals surface area contributed by atoms with E-state index in [9.17, 15) is 67.6 Å². The van der Waals surface area contributed by atoms with Crippen LogP contribution in [0.5, 0.6) is 5.75 Å². The molecule has 19 nitrogen and oxygen atoms in total. The van der Waals surface area contributed by atoms with Gasteiger partial charge in [0.25, 0.3) is 23.6 Å². The van der Waals surface area contributed by atoms with E-state index in [0.29, 0.717) is 17.2 Å². The number of nitrogens with zero attached hydrogens (tertiary/aromatic N) is 2. The van der Waals surface area contributed by atoms with E-state index < -0.39 is 106 Å². The number of nitrogens with one attached hydrogen (secondary N) is 4. The molecule has 4 unspecified atom stereocenters. The summed E-state index contributed by atoms with van der Waals surface area (Å²) in [5, 5.41) is 53.9. The smallest absolute Gasteiger partial charge is 0.261 e. The third-order valence-corrected chi connectivity index (χ3v) is 18.1. The molecular weight excluding hydrogens is 1370 g/mol. The molecule has 8 N–H and O–H groups in total. The van der Waals surface area contributed by atoms with Gasteiger partial charge in [-0.1, -0.05) is 93.3 Å². The van der Waals surface area contributed by atoms with E-state index in [1.807, 2.05) is 0 Å². The first kappa shape index (κ1) is 68.6. The third kappa shape index (κ3) is 13.3. The van der Waals surface area contributed by atoms with Crippen molar-refractivity contribution in [2.45, 2.75) is 66.8 Å². The van der Waals surface area contributed by atoms with Crippen molar-refractivity contribution >= 4 is 151 Å². The van der Waals surface area contributed by atoms with Crippen LogP contribution in [0.4, 0.5) is 31.5 Å². The molecule has 94 heavy (non-hydrogen) atoms. The van der Waals surface area contributed by atoms with Crippen LogP contribution in [0.15, 0.2) is 140 Å². The van der Waals surface area contributed by atoms with Crippen LogP contribution in [0, 0.1) is 11.6 Å². The Hall–Kier alpha value is -8.29. The summed E-state index contributed by atoms with van der Waals surface area (Å²) >= 11 is 42.4. The predicted molar refractivity (Wildman–Crippen MR) is 347 cm³/mol. The summed E-state index contributed by atoms with van der Waals surface area (Å²) in [5.41, 5.74) is -6.40.